The quantitative estimate of drug-likeness (QED) is 0.0592. The molecule has 2 aliphatic rings. The molecule has 0 spiro atoms. The Labute approximate surface area is 673 Å². The summed E-state index contributed by atoms with van der Waals surface area (Å²) in [5.41, 5.74) is 25.0. The van der Waals surface area contributed by atoms with Gasteiger partial charge in [0.25, 0.3) is 0 Å². The maximum absolute atomic E-state index is 5.80. The van der Waals surface area contributed by atoms with Gasteiger partial charge in [-0.1, -0.05) is 48.5 Å². The lowest BCUT2D eigenvalue weighted by molar-refractivity contribution is 0.414. The van der Waals surface area contributed by atoms with Crippen LogP contribution in [-0.2, 0) is 0 Å². The van der Waals surface area contributed by atoms with Crippen molar-refractivity contribution in [3.8, 4) is 90.5 Å². The SMILES string of the molecule is COc1ccc(N(c2ccc(OC)cc2)c2ccc(-c3c4nc(c(-c5ccc(N(c6ccc(OC)cc6)c6ccc(OC)cc6)cc5)c5ccc([nH]5)c(-c5ccc(N(c6ccc(OC)cc6)c6ccc(OC)cc6)cc5)c5nc(c(-c6ccc(N(c7ccc(OC)cc7)c7ccc(OC)cc7)cc6)c6ccc3[nH]6)C=C5)C=C4)cc2)cc1. The van der Waals surface area contributed by atoms with Gasteiger partial charge >= 0.3 is 0 Å². The van der Waals surface area contributed by atoms with Crippen LogP contribution in [0.15, 0.2) is 315 Å². The molecule has 2 N–H and O–H groups in total. The molecule has 0 fully saturated rings. The molecule has 0 amide bonds. The second kappa shape index (κ2) is 32.6. The van der Waals surface area contributed by atoms with Crippen LogP contribution in [-0.4, -0.2) is 76.8 Å². The maximum atomic E-state index is 5.80. The van der Waals surface area contributed by atoms with Gasteiger partial charge in [-0.25, -0.2) is 9.97 Å². The topological polar surface area (TPSA) is 144 Å². The molecule has 16 heteroatoms. The second-order valence-corrected chi connectivity index (χ2v) is 27.6. The lowest BCUT2D eigenvalue weighted by Crippen LogP contribution is -2.09. The fourth-order valence-electron chi connectivity index (χ4n) is 15.2. The molecular weight excluding hydrogens is 1440 g/mol. The molecule has 0 atom stereocenters. The third-order valence-corrected chi connectivity index (χ3v) is 21.1. The number of hydrogen-bond donors (Lipinski definition) is 2. The van der Waals surface area contributed by atoms with Crippen molar-refractivity contribution in [2.45, 2.75) is 0 Å². The van der Waals surface area contributed by atoms with Gasteiger partial charge in [-0.05, 0) is 313 Å². The van der Waals surface area contributed by atoms with E-state index in [9.17, 15) is 0 Å². The van der Waals surface area contributed by atoms with E-state index < -0.39 is 0 Å². The monoisotopic (exact) mass is 1520 g/mol. The smallest absolute Gasteiger partial charge is 0.119 e. The van der Waals surface area contributed by atoms with E-state index in [0.29, 0.717) is 0 Å². The van der Waals surface area contributed by atoms with E-state index in [-0.39, 0.29) is 0 Å². The first-order chi connectivity index (χ1) is 57.1. The lowest BCUT2D eigenvalue weighted by Gasteiger charge is -2.26. The predicted molar refractivity (Wildman–Crippen MR) is 472 cm³/mol. The Bertz CT molecular complexity index is 5290. The van der Waals surface area contributed by atoms with Gasteiger partial charge in [-0.15, -0.1) is 0 Å². The minimum absolute atomic E-state index is 0.754. The normalized spacial score (nSPS) is 11.4. The Morgan fingerprint density at radius 1 is 0.172 bits per heavy atom. The summed E-state index contributed by atoms with van der Waals surface area (Å²) in [6.45, 7) is 0. The van der Waals surface area contributed by atoms with E-state index in [4.69, 9.17) is 47.9 Å². The number of nitrogens with one attached hydrogen (secondary N) is 2. The highest BCUT2D eigenvalue weighted by Gasteiger charge is 2.24. The summed E-state index contributed by atoms with van der Waals surface area (Å²) in [7, 11) is 13.4. The molecule has 15 aromatic rings. The highest BCUT2D eigenvalue weighted by Crippen LogP contribution is 2.46. The predicted octanol–water partition coefficient (Wildman–Crippen LogP) is 25.3. The third kappa shape index (κ3) is 14.8. The molecule has 3 aromatic heterocycles. The first kappa shape index (κ1) is 73.6. The van der Waals surface area contributed by atoms with E-state index >= 15 is 0 Å². The van der Waals surface area contributed by atoms with Crippen molar-refractivity contribution in [1.82, 2.24) is 19.9 Å². The Hall–Kier alpha value is -15.2. The van der Waals surface area contributed by atoms with Crippen LogP contribution in [0.3, 0.4) is 0 Å². The zero-order chi connectivity index (χ0) is 79.2. The van der Waals surface area contributed by atoms with Crippen LogP contribution in [0.5, 0.6) is 46.0 Å². The van der Waals surface area contributed by atoms with Crippen molar-refractivity contribution in [3.63, 3.8) is 0 Å². The van der Waals surface area contributed by atoms with E-state index in [0.717, 1.165) is 204 Å². The molecule has 570 valence electrons. The summed E-state index contributed by atoms with van der Waals surface area (Å²) in [5.74, 6) is 6.08. The molecule has 17 rings (SSSR count). The fourth-order valence-corrected chi connectivity index (χ4v) is 15.2. The molecule has 0 aliphatic carbocycles. The molecule has 12 aromatic carbocycles. The number of rotatable bonds is 24. The molecule has 116 heavy (non-hydrogen) atoms. The molecule has 0 saturated heterocycles. The average molecular weight is 1520 g/mol. The van der Waals surface area contributed by atoms with Crippen molar-refractivity contribution in [3.05, 3.63) is 338 Å². The Morgan fingerprint density at radius 3 is 0.431 bits per heavy atom. The largest absolute Gasteiger partial charge is 0.497 e. The molecule has 2 aliphatic heterocycles. The summed E-state index contributed by atoms with van der Waals surface area (Å²) < 4.78 is 45.1. The van der Waals surface area contributed by atoms with Gasteiger partial charge in [0, 0.05) is 113 Å². The van der Waals surface area contributed by atoms with Crippen molar-refractivity contribution >= 4 is 115 Å². The van der Waals surface area contributed by atoms with Gasteiger partial charge in [-0.3, -0.25) is 0 Å². The average Bonchev–Trinajstić information content (AvgIpc) is 1.64. The molecule has 0 unspecified atom stereocenters. The number of aromatic nitrogens is 4. The number of ether oxygens (including phenoxy) is 8. The Kier molecular flexibility index (Phi) is 20.7. The van der Waals surface area contributed by atoms with Crippen LogP contribution in [0.1, 0.15) is 22.8 Å². The minimum Gasteiger partial charge on any atom is -0.497 e. The minimum atomic E-state index is 0.754. The number of nitrogens with zero attached hydrogens (tertiary/aromatic N) is 6. The number of methoxy groups -OCH3 is 8. The highest BCUT2D eigenvalue weighted by molar-refractivity contribution is 6.01. The van der Waals surface area contributed by atoms with Crippen LogP contribution in [0, 0.1) is 0 Å². The van der Waals surface area contributed by atoms with E-state index in [1.807, 2.05) is 97.1 Å². The van der Waals surface area contributed by atoms with Crippen molar-refractivity contribution in [1.29, 1.82) is 0 Å². The summed E-state index contributed by atoms with van der Waals surface area (Å²) in [4.78, 5) is 28.6. The summed E-state index contributed by atoms with van der Waals surface area (Å²) in [6.07, 6.45) is 8.54. The Balaban J connectivity index is 0.898. The highest BCUT2D eigenvalue weighted by atomic mass is 16.5. The van der Waals surface area contributed by atoms with Crippen LogP contribution >= 0.6 is 0 Å². The number of aromatic amines is 2. The lowest BCUT2D eigenvalue weighted by atomic mass is 10.0. The van der Waals surface area contributed by atoms with Crippen molar-refractivity contribution < 1.29 is 37.9 Å². The van der Waals surface area contributed by atoms with E-state index in [1.54, 1.807) is 56.9 Å². The summed E-state index contributed by atoms with van der Waals surface area (Å²) in [5, 5.41) is 0. The van der Waals surface area contributed by atoms with Crippen LogP contribution < -0.4 is 57.5 Å². The summed E-state index contributed by atoms with van der Waals surface area (Å²) in [6, 6.07) is 108. The zero-order valence-electron chi connectivity index (χ0n) is 65.3. The van der Waals surface area contributed by atoms with E-state index in [1.165, 1.54) is 0 Å². The van der Waals surface area contributed by atoms with Crippen molar-refractivity contribution in [2.24, 2.45) is 0 Å². The standard InChI is InChI=1S/C100H82N8O8/c1-109-81-41-25-73(26-42-81)105(74-27-43-82(110-2)44-28-74)69-17-9-65(10-18-69)97-89-57-59-91(101-89)98(66-11-19-70(20-12-66)106(75-29-45-83(111-3)46-30-75)76-31-47-84(112-4)48-32-76)93-61-63-95(103-93)100(68-15-23-72(24-16-68)108(79-37-53-87(115-7)54-38-79)80-39-55-88(116-8)56-40-80)96-64-62-94(104-96)99(92-60-58-90(97)102-92)67-13-21-71(22-14-67)107(77-33-49-85(113-5)50-34-77)78-35-51-86(114-6)52-36-78/h9-64,101,104H,1-8H3. The summed E-state index contributed by atoms with van der Waals surface area (Å²) >= 11 is 0. The van der Waals surface area contributed by atoms with Crippen LogP contribution in [0.4, 0.5) is 68.2 Å². The molecule has 0 saturated carbocycles. The van der Waals surface area contributed by atoms with Crippen LogP contribution in [0.2, 0.25) is 0 Å². The molecule has 0 radical (unpaired) electrons. The molecule has 16 nitrogen and oxygen atoms in total. The number of anilines is 12. The number of benzene rings is 12. The van der Waals surface area contributed by atoms with Gasteiger partial charge in [0.2, 0.25) is 0 Å². The molecular formula is C100H82N8O8. The maximum Gasteiger partial charge on any atom is 0.119 e. The first-order valence-electron chi connectivity index (χ1n) is 38.0. The van der Waals surface area contributed by atoms with Gasteiger partial charge in [-0.2, -0.15) is 0 Å². The van der Waals surface area contributed by atoms with Crippen LogP contribution in [0.25, 0.3) is 90.9 Å². The van der Waals surface area contributed by atoms with Gasteiger partial charge in [0.15, 0.2) is 0 Å². The van der Waals surface area contributed by atoms with Gasteiger partial charge in [0.1, 0.15) is 46.0 Å². The first-order valence-corrected chi connectivity index (χ1v) is 38.0. The fraction of sp³-hybridized carbons (Fsp3) is 0.0800. The third-order valence-electron chi connectivity index (χ3n) is 21.1. The zero-order valence-corrected chi connectivity index (χ0v) is 65.3. The number of hydrogen-bond acceptors (Lipinski definition) is 14. The van der Waals surface area contributed by atoms with E-state index in [2.05, 4.69) is 272 Å². The van der Waals surface area contributed by atoms with Gasteiger partial charge in [0.05, 0.1) is 79.7 Å². The number of fused-ring (bicyclic) bond motifs is 8. The van der Waals surface area contributed by atoms with Gasteiger partial charge < -0.3 is 67.5 Å². The molecule has 8 bridgehead atoms. The number of H-pyrrole nitrogens is 2. The van der Waals surface area contributed by atoms with Crippen molar-refractivity contribution in [2.75, 3.05) is 76.5 Å². The Morgan fingerprint density at radius 2 is 0.302 bits per heavy atom. The molecule has 5 heterocycles. The second-order valence-electron chi connectivity index (χ2n) is 27.6.